The molecule has 1 heterocycles. The van der Waals surface area contributed by atoms with Crippen molar-refractivity contribution in [3.05, 3.63) is 63.9 Å². The van der Waals surface area contributed by atoms with Gasteiger partial charge >= 0.3 is 5.97 Å². The number of carbonyl (C=O) groups excluding carboxylic acids is 1. The predicted octanol–water partition coefficient (Wildman–Crippen LogP) is 2.94. The molecule has 1 atom stereocenters. The Morgan fingerprint density at radius 2 is 1.90 bits per heavy atom. The zero-order valence-corrected chi connectivity index (χ0v) is 12.1. The van der Waals surface area contributed by atoms with E-state index >= 15 is 0 Å². The fraction of sp³-hybridized carbons (Fsp3) is 0.0714. The summed E-state index contributed by atoms with van der Waals surface area (Å²) in [5.74, 6) is -1.87. The summed E-state index contributed by atoms with van der Waals surface area (Å²) in [6, 6.07) is 7.99. The van der Waals surface area contributed by atoms with Crippen LogP contribution in [-0.4, -0.2) is 22.0 Å². The average molecular weight is 325 g/mol. The van der Waals surface area contributed by atoms with Gasteiger partial charge in [0.05, 0.1) is 0 Å². The second-order valence-corrected chi connectivity index (χ2v) is 4.97. The van der Waals surface area contributed by atoms with Crippen LogP contribution in [0.15, 0.2) is 42.6 Å². The maximum absolute atomic E-state index is 12.1. The Morgan fingerprint density at radius 3 is 2.52 bits per heavy atom. The van der Waals surface area contributed by atoms with Crippen LogP contribution in [0.25, 0.3) is 0 Å². The number of hydrogen-bond donors (Lipinski definition) is 2. The van der Waals surface area contributed by atoms with Crippen molar-refractivity contribution in [1.29, 1.82) is 0 Å². The van der Waals surface area contributed by atoms with Gasteiger partial charge in [0.25, 0.3) is 5.91 Å². The SMILES string of the molecule is O=C(N[C@@H](C(=O)O)c1ccccc1Cl)c1cc(Cl)ccn1. The number of aliphatic carboxylic acids is 1. The van der Waals surface area contributed by atoms with E-state index in [4.69, 9.17) is 23.2 Å². The fourth-order valence-corrected chi connectivity index (χ4v) is 2.12. The average Bonchev–Trinajstić information content (AvgIpc) is 2.45. The molecule has 21 heavy (non-hydrogen) atoms. The highest BCUT2D eigenvalue weighted by Crippen LogP contribution is 2.23. The number of halogens is 2. The van der Waals surface area contributed by atoms with E-state index in [1.165, 1.54) is 24.4 Å². The van der Waals surface area contributed by atoms with Crippen molar-refractivity contribution in [3.8, 4) is 0 Å². The van der Waals surface area contributed by atoms with E-state index in [9.17, 15) is 14.7 Å². The minimum atomic E-state index is -1.27. The standard InChI is InChI=1S/C14H10Cl2N2O3/c15-8-5-6-17-11(7-8)13(19)18-12(14(20)21)9-3-1-2-4-10(9)16/h1-7,12H,(H,18,19)(H,20,21)/t12-/m1/s1. The minimum Gasteiger partial charge on any atom is -0.479 e. The molecular weight excluding hydrogens is 315 g/mol. The van der Waals surface area contributed by atoms with Crippen LogP contribution in [0.1, 0.15) is 22.1 Å². The number of hydrogen-bond acceptors (Lipinski definition) is 3. The number of benzene rings is 1. The van der Waals surface area contributed by atoms with Crippen molar-refractivity contribution < 1.29 is 14.7 Å². The highest BCUT2D eigenvalue weighted by molar-refractivity contribution is 6.31. The number of rotatable bonds is 4. The predicted molar refractivity (Wildman–Crippen MR) is 78.5 cm³/mol. The molecule has 0 aliphatic carbocycles. The molecule has 7 heteroatoms. The lowest BCUT2D eigenvalue weighted by Gasteiger charge is -2.15. The van der Waals surface area contributed by atoms with Crippen LogP contribution in [0.5, 0.6) is 0 Å². The summed E-state index contributed by atoms with van der Waals surface area (Å²) in [7, 11) is 0. The van der Waals surface area contributed by atoms with Gasteiger partial charge in [-0.2, -0.15) is 0 Å². The zero-order valence-electron chi connectivity index (χ0n) is 10.6. The summed E-state index contributed by atoms with van der Waals surface area (Å²) in [4.78, 5) is 27.3. The smallest absolute Gasteiger partial charge is 0.330 e. The summed E-state index contributed by atoms with van der Waals surface area (Å²) in [6.45, 7) is 0. The molecule has 0 spiro atoms. The second-order valence-electron chi connectivity index (χ2n) is 4.13. The Kier molecular flexibility index (Phi) is 4.77. The topological polar surface area (TPSA) is 79.3 Å². The van der Waals surface area contributed by atoms with Gasteiger partial charge in [-0.15, -0.1) is 0 Å². The van der Waals surface area contributed by atoms with E-state index in [-0.39, 0.29) is 10.7 Å². The Labute approximate surface area is 130 Å². The molecule has 0 fully saturated rings. The number of amides is 1. The molecule has 1 amide bonds. The van der Waals surface area contributed by atoms with Crippen molar-refractivity contribution >= 4 is 35.1 Å². The van der Waals surface area contributed by atoms with Crippen LogP contribution in [0.2, 0.25) is 10.0 Å². The summed E-state index contributed by atoms with van der Waals surface area (Å²) in [6.07, 6.45) is 1.36. The van der Waals surface area contributed by atoms with Gasteiger partial charge < -0.3 is 10.4 Å². The molecule has 5 nitrogen and oxygen atoms in total. The number of nitrogens with zero attached hydrogens (tertiary/aromatic N) is 1. The van der Waals surface area contributed by atoms with Gasteiger partial charge in [0, 0.05) is 21.8 Å². The fourth-order valence-electron chi connectivity index (χ4n) is 1.72. The molecule has 1 aromatic heterocycles. The summed E-state index contributed by atoms with van der Waals surface area (Å²) < 4.78 is 0. The lowest BCUT2D eigenvalue weighted by Crippen LogP contribution is -2.34. The molecule has 0 bridgehead atoms. The lowest BCUT2D eigenvalue weighted by atomic mass is 10.1. The maximum atomic E-state index is 12.1. The maximum Gasteiger partial charge on any atom is 0.330 e. The lowest BCUT2D eigenvalue weighted by molar-refractivity contribution is -0.139. The second kappa shape index (κ2) is 6.56. The normalized spacial score (nSPS) is 11.7. The van der Waals surface area contributed by atoms with Gasteiger partial charge in [-0.25, -0.2) is 4.79 Å². The first-order valence-electron chi connectivity index (χ1n) is 5.88. The molecule has 0 aliphatic heterocycles. The van der Waals surface area contributed by atoms with Crippen LogP contribution in [0.3, 0.4) is 0 Å². The van der Waals surface area contributed by atoms with E-state index < -0.39 is 17.9 Å². The third-order valence-corrected chi connectivity index (χ3v) is 3.27. The van der Waals surface area contributed by atoms with Gasteiger partial charge in [-0.3, -0.25) is 9.78 Å². The molecule has 0 radical (unpaired) electrons. The van der Waals surface area contributed by atoms with Gasteiger partial charge in [0.15, 0.2) is 6.04 Å². The molecular formula is C14H10Cl2N2O3. The highest BCUT2D eigenvalue weighted by atomic mass is 35.5. The number of aromatic nitrogens is 1. The summed E-state index contributed by atoms with van der Waals surface area (Å²) >= 11 is 11.7. The summed E-state index contributed by atoms with van der Waals surface area (Å²) in [5, 5.41) is 12.2. The van der Waals surface area contributed by atoms with Gasteiger partial charge in [0.2, 0.25) is 0 Å². The molecule has 0 saturated carbocycles. The molecule has 0 saturated heterocycles. The molecule has 0 unspecified atom stereocenters. The third-order valence-electron chi connectivity index (χ3n) is 2.69. The first-order valence-corrected chi connectivity index (χ1v) is 6.64. The van der Waals surface area contributed by atoms with E-state index in [1.54, 1.807) is 18.2 Å². The molecule has 2 rings (SSSR count). The highest BCUT2D eigenvalue weighted by Gasteiger charge is 2.25. The van der Waals surface area contributed by atoms with E-state index in [2.05, 4.69) is 10.3 Å². The van der Waals surface area contributed by atoms with Crippen molar-refractivity contribution in [1.82, 2.24) is 10.3 Å². The first kappa shape index (κ1) is 15.3. The van der Waals surface area contributed by atoms with Crippen LogP contribution in [0, 0.1) is 0 Å². The van der Waals surface area contributed by atoms with Crippen molar-refractivity contribution in [2.75, 3.05) is 0 Å². The van der Waals surface area contributed by atoms with Crippen LogP contribution in [0.4, 0.5) is 0 Å². The Balaban J connectivity index is 2.27. The molecule has 2 aromatic rings. The number of carbonyl (C=O) groups is 2. The largest absolute Gasteiger partial charge is 0.479 e. The first-order chi connectivity index (χ1) is 9.99. The minimum absolute atomic E-state index is 0.0285. The Morgan fingerprint density at radius 1 is 1.19 bits per heavy atom. The third kappa shape index (κ3) is 3.71. The molecule has 108 valence electrons. The van der Waals surface area contributed by atoms with E-state index in [0.29, 0.717) is 10.6 Å². The van der Waals surface area contributed by atoms with Crippen molar-refractivity contribution in [2.45, 2.75) is 6.04 Å². The summed E-state index contributed by atoms with van der Waals surface area (Å²) in [5.41, 5.74) is 0.322. The van der Waals surface area contributed by atoms with Crippen LogP contribution < -0.4 is 5.32 Å². The van der Waals surface area contributed by atoms with Crippen molar-refractivity contribution in [3.63, 3.8) is 0 Å². The molecule has 0 aliphatic rings. The van der Waals surface area contributed by atoms with Gasteiger partial charge in [-0.05, 0) is 18.2 Å². The van der Waals surface area contributed by atoms with E-state index in [0.717, 1.165) is 0 Å². The Hall–Kier alpha value is -2.11. The van der Waals surface area contributed by atoms with Gasteiger partial charge in [0.1, 0.15) is 5.69 Å². The number of nitrogens with one attached hydrogen (secondary N) is 1. The van der Waals surface area contributed by atoms with Gasteiger partial charge in [-0.1, -0.05) is 41.4 Å². The molecule has 1 aromatic carbocycles. The number of carboxylic acid groups (broad SMARTS) is 1. The Bertz CT molecular complexity index is 691. The zero-order chi connectivity index (χ0) is 15.4. The van der Waals surface area contributed by atoms with Crippen LogP contribution >= 0.6 is 23.2 Å². The quantitative estimate of drug-likeness (QED) is 0.906. The number of carboxylic acids is 1. The number of pyridine rings is 1. The van der Waals surface area contributed by atoms with Crippen molar-refractivity contribution in [2.24, 2.45) is 0 Å². The monoisotopic (exact) mass is 324 g/mol. The van der Waals surface area contributed by atoms with Crippen LogP contribution in [-0.2, 0) is 4.79 Å². The molecule has 2 N–H and O–H groups in total. The van der Waals surface area contributed by atoms with E-state index in [1.807, 2.05) is 0 Å².